The van der Waals surface area contributed by atoms with E-state index in [0.29, 0.717) is 5.75 Å². The van der Waals surface area contributed by atoms with Gasteiger partial charge in [-0.3, -0.25) is 9.20 Å². The third-order valence-corrected chi connectivity index (χ3v) is 3.73. The monoisotopic (exact) mass is 257 g/mol. The lowest BCUT2D eigenvalue weighted by atomic mass is 10.2. The van der Waals surface area contributed by atoms with E-state index in [1.54, 1.807) is 6.92 Å². The van der Waals surface area contributed by atoms with Crippen LogP contribution in [0.25, 0.3) is 16.6 Å². The molecule has 2 aromatic heterocycles. The van der Waals surface area contributed by atoms with Crippen molar-refractivity contribution in [1.29, 1.82) is 0 Å². The Kier molecular flexibility index (Phi) is 2.76. The average molecular weight is 257 g/mol. The minimum atomic E-state index is 0.136. The number of ketones is 1. The zero-order valence-electron chi connectivity index (χ0n) is 9.83. The summed E-state index contributed by atoms with van der Waals surface area (Å²) in [6.07, 6.45) is 0. The maximum Gasteiger partial charge on any atom is 0.196 e. The van der Waals surface area contributed by atoms with Crippen LogP contribution in [0.2, 0.25) is 0 Å². The highest BCUT2D eigenvalue weighted by molar-refractivity contribution is 7.99. The molecule has 0 atom stereocenters. The maximum atomic E-state index is 11.1. The Hall–Kier alpha value is -1.88. The highest BCUT2D eigenvalue weighted by Gasteiger charge is 2.09. The number of aromatic nitrogens is 3. The zero-order valence-corrected chi connectivity index (χ0v) is 10.6. The fourth-order valence-corrected chi connectivity index (χ4v) is 2.62. The van der Waals surface area contributed by atoms with Crippen LogP contribution in [-0.4, -0.2) is 26.1 Å². The second-order valence-corrected chi connectivity index (χ2v) is 5.00. The van der Waals surface area contributed by atoms with Crippen molar-refractivity contribution in [2.24, 2.45) is 0 Å². The molecule has 18 heavy (non-hydrogen) atoms. The normalized spacial score (nSPS) is 11.2. The number of pyridine rings is 1. The Balaban J connectivity index is 2.20. The van der Waals surface area contributed by atoms with Crippen LogP contribution in [0, 0.1) is 0 Å². The third-order valence-electron chi connectivity index (χ3n) is 2.65. The summed E-state index contributed by atoms with van der Waals surface area (Å²) in [6.45, 7) is 1.58. The number of hydrogen-bond acceptors (Lipinski definition) is 4. The summed E-state index contributed by atoms with van der Waals surface area (Å²) in [6, 6.07) is 12.0. The van der Waals surface area contributed by atoms with Gasteiger partial charge in [0.25, 0.3) is 0 Å². The lowest BCUT2D eigenvalue weighted by molar-refractivity contribution is -0.114. The quantitative estimate of drug-likeness (QED) is 0.677. The molecule has 0 radical (unpaired) electrons. The van der Waals surface area contributed by atoms with E-state index >= 15 is 0 Å². The van der Waals surface area contributed by atoms with E-state index in [2.05, 4.69) is 10.2 Å². The predicted molar refractivity (Wildman–Crippen MR) is 71.9 cm³/mol. The van der Waals surface area contributed by atoms with Crippen LogP contribution in [0.15, 0.2) is 41.6 Å². The highest BCUT2D eigenvalue weighted by atomic mass is 32.2. The Morgan fingerprint density at radius 2 is 2.06 bits per heavy atom. The van der Waals surface area contributed by atoms with Gasteiger partial charge in [-0.1, -0.05) is 30.0 Å². The van der Waals surface area contributed by atoms with Gasteiger partial charge in [0.1, 0.15) is 5.78 Å². The Bertz CT molecular complexity index is 735. The summed E-state index contributed by atoms with van der Waals surface area (Å²) in [5.74, 6) is 0.557. The molecular formula is C13H11N3OS. The van der Waals surface area contributed by atoms with E-state index in [1.165, 1.54) is 11.8 Å². The first-order valence-corrected chi connectivity index (χ1v) is 6.59. The van der Waals surface area contributed by atoms with Gasteiger partial charge in [0.2, 0.25) is 0 Å². The van der Waals surface area contributed by atoms with Crippen LogP contribution >= 0.6 is 11.8 Å². The lowest BCUT2D eigenvalue weighted by Crippen LogP contribution is -1.96. The molecule has 0 unspecified atom stereocenters. The van der Waals surface area contributed by atoms with E-state index in [1.807, 2.05) is 40.8 Å². The molecule has 0 saturated carbocycles. The molecule has 90 valence electrons. The number of thioether (sulfide) groups is 1. The number of benzene rings is 1. The first-order chi connectivity index (χ1) is 8.75. The molecule has 0 N–H and O–H groups in total. The Morgan fingerprint density at radius 1 is 1.22 bits per heavy atom. The maximum absolute atomic E-state index is 11.1. The standard InChI is InChI=1S/C13H11N3OS/c1-9(17)8-18-13-15-14-12-7-6-10-4-2-3-5-11(10)16(12)13/h2-7H,8H2,1H3. The smallest absolute Gasteiger partial charge is 0.196 e. The van der Waals surface area contributed by atoms with Crippen molar-refractivity contribution in [3.05, 3.63) is 36.4 Å². The van der Waals surface area contributed by atoms with Crippen LogP contribution in [0.3, 0.4) is 0 Å². The molecule has 0 saturated heterocycles. The predicted octanol–water partition coefficient (Wildman–Crippen LogP) is 2.56. The van der Waals surface area contributed by atoms with Gasteiger partial charge in [-0.05, 0) is 30.5 Å². The van der Waals surface area contributed by atoms with Gasteiger partial charge < -0.3 is 0 Å². The number of Topliss-reactive ketones (excluding diaryl/α,β-unsaturated/α-hetero) is 1. The molecule has 3 rings (SSSR count). The van der Waals surface area contributed by atoms with Gasteiger partial charge in [0, 0.05) is 0 Å². The van der Waals surface area contributed by atoms with Crippen LogP contribution in [-0.2, 0) is 4.79 Å². The summed E-state index contributed by atoms with van der Waals surface area (Å²) in [4.78, 5) is 11.1. The van der Waals surface area contributed by atoms with Gasteiger partial charge in [0.15, 0.2) is 10.8 Å². The van der Waals surface area contributed by atoms with Crippen molar-refractivity contribution in [3.63, 3.8) is 0 Å². The van der Waals surface area contributed by atoms with Crippen molar-refractivity contribution >= 4 is 34.1 Å². The average Bonchev–Trinajstić information content (AvgIpc) is 2.80. The lowest BCUT2D eigenvalue weighted by Gasteiger charge is -2.03. The molecule has 0 spiro atoms. The molecule has 0 amide bonds. The number of nitrogens with zero attached hydrogens (tertiary/aromatic N) is 3. The summed E-state index contributed by atoms with van der Waals surface area (Å²) < 4.78 is 1.99. The van der Waals surface area contributed by atoms with Gasteiger partial charge in [0.05, 0.1) is 11.3 Å². The van der Waals surface area contributed by atoms with E-state index in [0.717, 1.165) is 21.7 Å². The Morgan fingerprint density at radius 3 is 2.89 bits per heavy atom. The third kappa shape index (κ3) is 1.86. The molecule has 0 aliphatic heterocycles. The van der Waals surface area contributed by atoms with Crippen LogP contribution < -0.4 is 0 Å². The number of carbonyl (C=O) groups excluding carboxylic acids is 1. The number of rotatable bonds is 3. The first-order valence-electron chi connectivity index (χ1n) is 5.61. The van der Waals surface area contributed by atoms with Gasteiger partial charge in [-0.2, -0.15) is 0 Å². The zero-order chi connectivity index (χ0) is 12.5. The van der Waals surface area contributed by atoms with Crippen molar-refractivity contribution in [2.45, 2.75) is 12.1 Å². The number of hydrogen-bond donors (Lipinski definition) is 0. The largest absolute Gasteiger partial charge is 0.299 e. The van der Waals surface area contributed by atoms with Crippen molar-refractivity contribution in [1.82, 2.24) is 14.6 Å². The molecular weight excluding hydrogens is 246 g/mol. The second kappa shape index (κ2) is 4.42. The SMILES string of the molecule is CC(=O)CSc1nnc2ccc3ccccc3n12. The second-order valence-electron chi connectivity index (χ2n) is 4.06. The fourth-order valence-electron chi connectivity index (χ4n) is 1.87. The number of carbonyl (C=O) groups is 1. The molecule has 0 fully saturated rings. The number of fused-ring (bicyclic) bond motifs is 3. The van der Waals surface area contributed by atoms with Crippen molar-refractivity contribution in [3.8, 4) is 0 Å². The van der Waals surface area contributed by atoms with Crippen molar-refractivity contribution < 1.29 is 4.79 Å². The van der Waals surface area contributed by atoms with Crippen LogP contribution in [0.5, 0.6) is 0 Å². The molecule has 0 aliphatic rings. The van der Waals surface area contributed by atoms with Gasteiger partial charge >= 0.3 is 0 Å². The molecule has 3 aromatic rings. The minimum absolute atomic E-state index is 0.136. The molecule has 1 aromatic carbocycles. The van der Waals surface area contributed by atoms with E-state index in [4.69, 9.17) is 0 Å². The highest BCUT2D eigenvalue weighted by Crippen LogP contribution is 2.22. The van der Waals surface area contributed by atoms with E-state index in [9.17, 15) is 4.79 Å². The first kappa shape index (κ1) is 11.2. The van der Waals surface area contributed by atoms with Gasteiger partial charge in [-0.15, -0.1) is 10.2 Å². The molecule has 5 heteroatoms. The summed E-state index contributed by atoms with van der Waals surface area (Å²) >= 11 is 1.42. The molecule has 2 heterocycles. The van der Waals surface area contributed by atoms with Gasteiger partial charge in [-0.25, -0.2) is 0 Å². The van der Waals surface area contributed by atoms with Crippen LogP contribution in [0.1, 0.15) is 6.92 Å². The fraction of sp³-hybridized carbons (Fsp3) is 0.154. The number of para-hydroxylation sites is 1. The molecule has 4 nitrogen and oxygen atoms in total. The van der Waals surface area contributed by atoms with E-state index in [-0.39, 0.29) is 5.78 Å². The summed E-state index contributed by atoms with van der Waals surface area (Å²) in [5, 5.41) is 10.2. The topological polar surface area (TPSA) is 47.3 Å². The molecule has 0 aliphatic carbocycles. The summed E-state index contributed by atoms with van der Waals surface area (Å²) in [5.41, 5.74) is 1.87. The van der Waals surface area contributed by atoms with Crippen molar-refractivity contribution in [2.75, 3.05) is 5.75 Å². The summed E-state index contributed by atoms with van der Waals surface area (Å²) in [7, 11) is 0. The minimum Gasteiger partial charge on any atom is -0.299 e. The van der Waals surface area contributed by atoms with E-state index < -0.39 is 0 Å². The molecule has 0 bridgehead atoms. The van der Waals surface area contributed by atoms with Crippen LogP contribution in [0.4, 0.5) is 0 Å². The Labute approximate surface area is 108 Å².